The Balaban J connectivity index is 1.26. The molecule has 0 spiro atoms. The van der Waals surface area contributed by atoms with Gasteiger partial charge in [0.25, 0.3) is 0 Å². The van der Waals surface area contributed by atoms with Gasteiger partial charge in [0.1, 0.15) is 11.2 Å². The molecule has 0 fully saturated rings. The molecule has 10 aromatic rings. The van der Waals surface area contributed by atoms with Gasteiger partial charge >= 0.3 is 0 Å². The van der Waals surface area contributed by atoms with E-state index in [1.165, 1.54) is 85.5 Å². The zero-order chi connectivity index (χ0) is 28.8. The number of hydrogen-bond acceptors (Lipinski definition) is 2. The van der Waals surface area contributed by atoms with Crippen LogP contribution in [0.15, 0.2) is 150 Å². The van der Waals surface area contributed by atoms with Gasteiger partial charge < -0.3 is 4.42 Å². The molecule has 0 aliphatic heterocycles. The van der Waals surface area contributed by atoms with E-state index in [9.17, 15) is 0 Å². The standard InChI is InChI=1S/C42H24OS/c1-2-11-26(12-3-1)38-29-14-6-8-16-31(29)39(32-17-9-7-15-30(32)38)27-19-21-35-37(24-27)43-36-23-22-34-33-20-18-25-10-4-5-13-28(25)41(33)44-42(34)40(35)36/h1-24H. The molecular formula is C42H24OS. The van der Waals surface area contributed by atoms with E-state index in [0.717, 1.165) is 11.2 Å². The SMILES string of the molecule is c1ccc(-c2c3ccccc3c(-c3ccc4c(c3)oc3ccc5c6ccc7ccccc7c6sc5c34)c3ccccc23)cc1. The van der Waals surface area contributed by atoms with Crippen molar-refractivity contribution in [1.29, 1.82) is 0 Å². The molecule has 0 bridgehead atoms. The maximum atomic E-state index is 6.63. The summed E-state index contributed by atoms with van der Waals surface area (Å²) in [6, 6.07) is 52.8. The first kappa shape index (κ1) is 24.0. The van der Waals surface area contributed by atoms with Gasteiger partial charge in [0.05, 0.1) is 0 Å². The van der Waals surface area contributed by atoms with Crippen molar-refractivity contribution in [2.24, 2.45) is 0 Å². The van der Waals surface area contributed by atoms with Crippen molar-refractivity contribution in [2.75, 3.05) is 0 Å². The van der Waals surface area contributed by atoms with E-state index in [-0.39, 0.29) is 0 Å². The summed E-state index contributed by atoms with van der Waals surface area (Å²) in [6.45, 7) is 0. The summed E-state index contributed by atoms with van der Waals surface area (Å²) in [5, 5.41) is 12.6. The van der Waals surface area contributed by atoms with Gasteiger partial charge in [0.15, 0.2) is 0 Å². The van der Waals surface area contributed by atoms with Gasteiger partial charge in [0, 0.05) is 30.9 Å². The maximum Gasteiger partial charge on any atom is 0.136 e. The molecule has 0 atom stereocenters. The summed E-state index contributed by atoms with van der Waals surface area (Å²) >= 11 is 1.88. The average molecular weight is 577 g/mol. The van der Waals surface area contributed by atoms with E-state index in [4.69, 9.17) is 4.42 Å². The van der Waals surface area contributed by atoms with Crippen LogP contribution in [0.2, 0.25) is 0 Å². The van der Waals surface area contributed by atoms with E-state index in [0.29, 0.717) is 0 Å². The minimum atomic E-state index is 0.924. The number of hydrogen-bond donors (Lipinski definition) is 0. The predicted molar refractivity (Wildman–Crippen MR) is 190 cm³/mol. The molecule has 10 rings (SSSR count). The molecule has 0 aliphatic carbocycles. The van der Waals surface area contributed by atoms with E-state index in [1.54, 1.807) is 0 Å². The molecule has 0 saturated carbocycles. The topological polar surface area (TPSA) is 13.1 Å². The van der Waals surface area contributed by atoms with Crippen LogP contribution >= 0.6 is 11.3 Å². The molecule has 2 heterocycles. The van der Waals surface area contributed by atoms with Crippen LogP contribution in [-0.4, -0.2) is 0 Å². The molecule has 0 saturated heterocycles. The Hall–Kier alpha value is -5.44. The zero-order valence-electron chi connectivity index (χ0n) is 23.7. The van der Waals surface area contributed by atoms with Gasteiger partial charge in [-0.15, -0.1) is 11.3 Å². The third kappa shape index (κ3) is 3.29. The van der Waals surface area contributed by atoms with Crippen LogP contribution in [0.25, 0.3) is 96.7 Å². The summed E-state index contributed by atoms with van der Waals surface area (Å²) in [6.07, 6.45) is 0. The molecule has 1 nitrogen and oxygen atoms in total. The third-order valence-electron chi connectivity index (χ3n) is 9.25. The highest BCUT2D eigenvalue weighted by Crippen LogP contribution is 2.47. The van der Waals surface area contributed by atoms with E-state index >= 15 is 0 Å². The molecule has 0 aliphatic rings. The van der Waals surface area contributed by atoms with Gasteiger partial charge in [-0.25, -0.2) is 0 Å². The summed E-state index contributed by atoms with van der Waals surface area (Å²) in [4.78, 5) is 0. The Morgan fingerprint density at radius 2 is 0.932 bits per heavy atom. The lowest BCUT2D eigenvalue weighted by atomic mass is 9.86. The Morgan fingerprint density at radius 1 is 0.364 bits per heavy atom. The van der Waals surface area contributed by atoms with Crippen LogP contribution < -0.4 is 0 Å². The third-order valence-corrected chi connectivity index (χ3v) is 10.5. The van der Waals surface area contributed by atoms with Crippen molar-refractivity contribution in [3.63, 3.8) is 0 Å². The first-order chi connectivity index (χ1) is 21.8. The summed E-state index contributed by atoms with van der Waals surface area (Å²) in [5.74, 6) is 0. The fourth-order valence-corrected chi connectivity index (χ4v) is 8.72. The largest absolute Gasteiger partial charge is 0.456 e. The van der Waals surface area contributed by atoms with E-state index in [2.05, 4.69) is 146 Å². The van der Waals surface area contributed by atoms with Crippen LogP contribution in [-0.2, 0) is 0 Å². The van der Waals surface area contributed by atoms with Gasteiger partial charge in [-0.2, -0.15) is 0 Å². The van der Waals surface area contributed by atoms with Crippen LogP contribution in [0.3, 0.4) is 0 Å². The number of fused-ring (bicyclic) bond motifs is 11. The molecule has 0 amide bonds. The highest BCUT2D eigenvalue weighted by molar-refractivity contribution is 7.27. The fraction of sp³-hybridized carbons (Fsp3) is 0. The Bertz CT molecular complexity index is 2710. The van der Waals surface area contributed by atoms with Crippen molar-refractivity contribution >= 4 is 85.8 Å². The number of rotatable bonds is 2. The molecule has 204 valence electrons. The second kappa shape index (κ2) is 9.03. The predicted octanol–water partition coefficient (Wildman–Crippen LogP) is 12.7. The molecule has 2 aromatic heterocycles. The monoisotopic (exact) mass is 576 g/mol. The Labute approximate surface area is 257 Å². The van der Waals surface area contributed by atoms with Gasteiger partial charge in [0.2, 0.25) is 0 Å². The second-order valence-electron chi connectivity index (χ2n) is 11.6. The van der Waals surface area contributed by atoms with Gasteiger partial charge in [-0.3, -0.25) is 0 Å². The normalized spacial score (nSPS) is 12.1. The lowest BCUT2D eigenvalue weighted by molar-refractivity contribution is 0.669. The number of furan rings is 1. The summed E-state index contributed by atoms with van der Waals surface area (Å²) in [7, 11) is 0. The second-order valence-corrected chi connectivity index (χ2v) is 12.6. The van der Waals surface area contributed by atoms with Crippen LogP contribution in [0, 0.1) is 0 Å². The Morgan fingerprint density at radius 3 is 1.66 bits per heavy atom. The first-order valence-corrected chi connectivity index (χ1v) is 15.8. The Kier molecular flexibility index (Phi) is 4.94. The maximum absolute atomic E-state index is 6.63. The van der Waals surface area contributed by atoms with E-state index < -0.39 is 0 Å². The van der Waals surface area contributed by atoms with Crippen LogP contribution in [0.5, 0.6) is 0 Å². The molecule has 0 radical (unpaired) electrons. The fourth-order valence-electron chi connectivity index (χ4n) is 7.33. The van der Waals surface area contributed by atoms with E-state index in [1.807, 2.05) is 11.3 Å². The number of benzene rings is 8. The lowest BCUT2D eigenvalue weighted by Gasteiger charge is -2.17. The van der Waals surface area contributed by atoms with Crippen molar-refractivity contribution in [1.82, 2.24) is 0 Å². The highest BCUT2D eigenvalue weighted by Gasteiger charge is 2.19. The first-order valence-electron chi connectivity index (χ1n) is 15.0. The quantitative estimate of drug-likeness (QED) is 0.187. The van der Waals surface area contributed by atoms with Crippen LogP contribution in [0.4, 0.5) is 0 Å². The summed E-state index contributed by atoms with van der Waals surface area (Å²) in [5.41, 5.74) is 6.80. The minimum absolute atomic E-state index is 0.924. The van der Waals surface area contributed by atoms with Crippen molar-refractivity contribution in [2.45, 2.75) is 0 Å². The molecule has 44 heavy (non-hydrogen) atoms. The van der Waals surface area contributed by atoms with Crippen molar-refractivity contribution in [3.8, 4) is 22.3 Å². The molecule has 0 unspecified atom stereocenters. The molecule has 8 aromatic carbocycles. The zero-order valence-corrected chi connectivity index (χ0v) is 24.5. The molecule has 2 heteroatoms. The smallest absolute Gasteiger partial charge is 0.136 e. The average Bonchev–Trinajstić information content (AvgIpc) is 3.65. The van der Waals surface area contributed by atoms with Crippen molar-refractivity contribution in [3.05, 3.63) is 146 Å². The minimum Gasteiger partial charge on any atom is -0.456 e. The molecule has 0 N–H and O–H groups in total. The molecular weight excluding hydrogens is 553 g/mol. The van der Waals surface area contributed by atoms with Gasteiger partial charge in [-0.1, -0.05) is 121 Å². The van der Waals surface area contributed by atoms with Crippen molar-refractivity contribution < 1.29 is 4.42 Å². The van der Waals surface area contributed by atoms with Crippen LogP contribution in [0.1, 0.15) is 0 Å². The van der Waals surface area contributed by atoms with Gasteiger partial charge in [-0.05, 0) is 78.8 Å². The lowest BCUT2D eigenvalue weighted by Crippen LogP contribution is -1.90. The summed E-state index contributed by atoms with van der Waals surface area (Å²) < 4.78 is 9.27. The highest BCUT2D eigenvalue weighted by atomic mass is 32.1. The number of thiophene rings is 1.